The summed E-state index contributed by atoms with van der Waals surface area (Å²) in [6, 6.07) is 11.4. The molecule has 4 nitrogen and oxygen atoms in total. The second kappa shape index (κ2) is 5.90. The first kappa shape index (κ1) is 14.1. The standard InChI is InChI=1S/C17H24N4/c1-14-12-19(2)17-7-5-4-6-15(17)13-21(14)11-9-16-8-10-18-20(16)3/h4-8,10,14H,9,11-13H2,1-3H3/t14-/m0/s1. The van der Waals surface area contributed by atoms with E-state index in [4.69, 9.17) is 0 Å². The number of rotatable bonds is 3. The van der Waals surface area contributed by atoms with Gasteiger partial charge < -0.3 is 4.90 Å². The van der Waals surface area contributed by atoms with Crippen molar-refractivity contribution in [1.29, 1.82) is 0 Å². The zero-order chi connectivity index (χ0) is 14.8. The molecular formula is C17H24N4. The Balaban J connectivity index is 1.75. The molecule has 0 unspecified atom stereocenters. The van der Waals surface area contributed by atoms with Gasteiger partial charge in [0.25, 0.3) is 0 Å². The van der Waals surface area contributed by atoms with Crippen molar-refractivity contribution in [3.8, 4) is 0 Å². The monoisotopic (exact) mass is 284 g/mol. The van der Waals surface area contributed by atoms with Crippen LogP contribution in [0.4, 0.5) is 5.69 Å². The predicted octanol–water partition coefficient (Wildman–Crippen LogP) is 2.30. The molecule has 1 aliphatic heterocycles. The van der Waals surface area contributed by atoms with Crippen LogP contribution in [0.2, 0.25) is 0 Å². The summed E-state index contributed by atoms with van der Waals surface area (Å²) in [5, 5.41) is 4.26. The number of anilines is 1. The molecule has 2 heterocycles. The summed E-state index contributed by atoms with van der Waals surface area (Å²) in [4.78, 5) is 4.96. The molecule has 0 saturated carbocycles. The summed E-state index contributed by atoms with van der Waals surface area (Å²) in [6.45, 7) is 5.50. The predicted molar refractivity (Wildman–Crippen MR) is 86.5 cm³/mol. The first-order chi connectivity index (χ1) is 10.1. The smallest absolute Gasteiger partial charge is 0.0492 e. The average molecular weight is 284 g/mol. The van der Waals surface area contributed by atoms with E-state index < -0.39 is 0 Å². The zero-order valence-electron chi connectivity index (χ0n) is 13.2. The van der Waals surface area contributed by atoms with E-state index in [1.165, 1.54) is 16.9 Å². The van der Waals surface area contributed by atoms with Crippen molar-refractivity contribution in [2.24, 2.45) is 7.05 Å². The number of aromatic nitrogens is 2. The Morgan fingerprint density at radius 1 is 1.19 bits per heavy atom. The van der Waals surface area contributed by atoms with Gasteiger partial charge in [0, 0.05) is 63.8 Å². The van der Waals surface area contributed by atoms with Crippen LogP contribution in [0.1, 0.15) is 18.2 Å². The molecule has 0 amide bonds. The van der Waals surface area contributed by atoms with Gasteiger partial charge in [0.2, 0.25) is 0 Å². The second-order valence-electron chi connectivity index (χ2n) is 6.02. The highest BCUT2D eigenvalue weighted by molar-refractivity contribution is 5.53. The lowest BCUT2D eigenvalue weighted by Gasteiger charge is -2.28. The van der Waals surface area contributed by atoms with Crippen LogP contribution >= 0.6 is 0 Å². The van der Waals surface area contributed by atoms with Crippen LogP contribution in [0.15, 0.2) is 36.5 Å². The van der Waals surface area contributed by atoms with Crippen molar-refractivity contribution in [2.75, 3.05) is 25.0 Å². The van der Waals surface area contributed by atoms with Crippen LogP contribution in [0, 0.1) is 0 Å². The number of aryl methyl sites for hydroxylation is 1. The van der Waals surface area contributed by atoms with Crippen molar-refractivity contribution in [1.82, 2.24) is 14.7 Å². The molecule has 0 saturated heterocycles. The molecular weight excluding hydrogens is 260 g/mol. The lowest BCUT2D eigenvalue weighted by atomic mass is 10.1. The molecule has 0 N–H and O–H groups in total. The third-order valence-corrected chi connectivity index (χ3v) is 4.52. The molecule has 112 valence electrons. The first-order valence-corrected chi connectivity index (χ1v) is 7.65. The number of hydrogen-bond donors (Lipinski definition) is 0. The van der Waals surface area contributed by atoms with Crippen LogP contribution in [0.25, 0.3) is 0 Å². The highest BCUT2D eigenvalue weighted by Gasteiger charge is 2.22. The SMILES string of the molecule is C[C@H]1CN(C)c2ccccc2CN1CCc1ccnn1C. The van der Waals surface area contributed by atoms with Gasteiger partial charge in [-0.1, -0.05) is 18.2 Å². The van der Waals surface area contributed by atoms with Gasteiger partial charge in [0.15, 0.2) is 0 Å². The first-order valence-electron chi connectivity index (χ1n) is 7.65. The lowest BCUT2D eigenvalue weighted by molar-refractivity contribution is 0.210. The van der Waals surface area contributed by atoms with Crippen molar-refractivity contribution in [3.63, 3.8) is 0 Å². The van der Waals surface area contributed by atoms with E-state index >= 15 is 0 Å². The normalized spacial score (nSPS) is 19.4. The third kappa shape index (κ3) is 2.95. The summed E-state index contributed by atoms with van der Waals surface area (Å²) < 4.78 is 1.97. The van der Waals surface area contributed by atoms with Gasteiger partial charge in [-0.25, -0.2) is 0 Å². The average Bonchev–Trinajstić information content (AvgIpc) is 2.83. The van der Waals surface area contributed by atoms with E-state index in [0.29, 0.717) is 6.04 Å². The molecule has 4 heteroatoms. The zero-order valence-corrected chi connectivity index (χ0v) is 13.2. The molecule has 3 rings (SSSR count). The summed E-state index contributed by atoms with van der Waals surface area (Å²) in [7, 11) is 4.21. The number of nitrogens with zero attached hydrogens (tertiary/aromatic N) is 4. The Hall–Kier alpha value is -1.81. The maximum Gasteiger partial charge on any atom is 0.0492 e. The van der Waals surface area contributed by atoms with Crippen molar-refractivity contribution < 1.29 is 0 Å². The van der Waals surface area contributed by atoms with Crippen LogP contribution in [0.3, 0.4) is 0 Å². The van der Waals surface area contributed by atoms with Gasteiger partial charge in [-0.05, 0) is 24.6 Å². The van der Waals surface area contributed by atoms with E-state index in [2.05, 4.69) is 59.2 Å². The molecule has 1 aromatic carbocycles. The molecule has 1 aromatic heterocycles. The van der Waals surface area contributed by atoms with Gasteiger partial charge in [-0.3, -0.25) is 9.58 Å². The maximum atomic E-state index is 4.26. The molecule has 1 aliphatic rings. The van der Waals surface area contributed by atoms with Crippen LogP contribution in [0.5, 0.6) is 0 Å². The maximum absolute atomic E-state index is 4.26. The van der Waals surface area contributed by atoms with Crippen LogP contribution in [-0.2, 0) is 20.0 Å². The molecule has 0 fully saturated rings. The molecule has 1 atom stereocenters. The van der Waals surface area contributed by atoms with Crippen molar-refractivity contribution in [3.05, 3.63) is 47.8 Å². The number of fused-ring (bicyclic) bond motifs is 1. The fourth-order valence-electron chi connectivity index (χ4n) is 3.21. The lowest BCUT2D eigenvalue weighted by Crippen LogP contribution is -2.39. The summed E-state index contributed by atoms with van der Waals surface area (Å²) in [5.74, 6) is 0. The number of benzene rings is 1. The van der Waals surface area contributed by atoms with Crippen LogP contribution in [-0.4, -0.2) is 40.9 Å². The Morgan fingerprint density at radius 3 is 2.76 bits per heavy atom. The highest BCUT2D eigenvalue weighted by atomic mass is 15.3. The number of para-hydroxylation sites is 1. The van der Waals surface area contributed by atoms with E-state index in [0.717, 1.165) is 26.1 Å². The molecule has 2 aromatic rings. The number of likely N-dealkylation sites (N-methyl/N-ethyl adjacent to an activating group) is 1. The fraction of sp³-hybridized carbons (Fsp3) is 0.471. The van der Waals surface area contributed by atoms with E-state index in [9.17, 15) is 0 Å². The van der Waals surface area contributed by atoms with Crippen LogP contribution < -0.4 is 4.90 Å². The van der Waals surface area contributed by atoms with Crippen molar-refractivity contribution in [2.45, 2.75) is 25.9 Å². The molecule has 0 spiro atoms. The Kier molecular flexibility index (Phi) is 3.97. The molecule has 21 heavy (non-hydrogen) atoms. The molecule has 0 bridgehead atoms. The Labute approximate surface area is 127 Å². The minimum atomic E-state index is 0.552. The summed E-state index contributed by atoms with van der Waals surface area (Å²) in [5.41, 5.74) is 4.09. The van der Waals surface area contributed by atoms with Gasteiger partial charge >= 0.3 is 0 Å². The minimum absolute atomic E-state index is 0.552. The van der Waals surface area contributed by atoms with Gasteiger partial charge in [0.1, 0.15) is 0 Å². The van der Waals surface area contributed by atoms with Gasteiger partial charge in [-0.2, -0.15) is 5.10 Å². The quantitative estimate of drug-likeness (QED) is 0.864. The van der Waals surface area contributed by atoms with Gasteiger partial charge in [0.05, 0.1) is 0 Å². The number of hydrogen-bond acceptors (Lipinski definition) is 3. The van der Waals surface area contributed by atoms with E-state index in [1.807, 2.05) is 17.9 Å². The highest BCUT2D eigenvalue weighted by Crippen LogP contribution is 2.25. The topological polar surface area (TPSA) is 24.3 Å². The van der Waals surface area contributed by atoms with E-state index in [-0.39, 0.29) is 0 Å². The summed E-state index contributed by atoms with van der Waals surface area (Å²) in [6.07, 6.45) is 2.93. The summed E-state index contributed by atoms with van der Waals surface area (Å²) >= 11 is 0. The Bertz CT molecular complexity index is 604. The second-order valence-corrected chi connectivity index (χ2v) is 6.02. The molecule has 0 aliphatic carbocycles. The van der Waals surface area contributed by atoms with Crippen molar-refractivity contribution >= 4 is 5.69 Å². The fourth-order valence-corrected chi connectivity index (χ4v) is 3.21. The van der Waals surface area contributed by atoms with E-state index in [1.54, 1.807) is 0 Å². The third-order valence-electron chi connectivity index (χ3n) is 4.52. The van der Waals surface area contributed by atoms with Gasteiger partial charge in [-0.15, -0.1) is 0 Å². The Morgan fingerprint density at radius 2 is 2.00 bits per heavy atom. The minimum Gasteiger partial charge on any atom is -0.373 e. The molecule has 0 radical (unpaired) electrons. The largest absolute Gasteiger partial charge is 0.373 e.